The van der Waals surface area contributed by atoms with Gasteiger partial charge in [0.1, 0.15) is 11.1 Å². The number of rotatable bonds is 8. The number of piperazine rings is 1. The number of nitrogens with one attached hydrogen (secondary N) is 2. The SMILES string of the molecule is Cc1ccc(Nc2nc(Oc3cc(C(=O)Nc4ccc(CN5CCN(C)CC5)c(C(F)(F)F)c4)ccc3C)c3cnn(C)c3n2)cc1. The minimum absolute atomic E-state index is 0.0483. The molecule has 0 aliphatic carbocycles. The van der Waals surface area contributed by atoms with E-state index < -0.39 is 17.6 Å². The third-order valence-electron chi connectivity index (χ3n) is 8.18. The molecular formula is C34H35F3N8O2. The Morgan fingerprint density at radius 2 is 1.64 bits per heavy atom. The number of likely N-dealkylation sites (N-methyl/N-ethyl adjacent to an activating group) is 1. The topological polar surface area (TPSA) is 100 Å². The van der Waals surface area contributed by atoms with Gasteiger partial charge in [-0.05, 0) is 68.4 Å². The Morgan fingerprint density at radius 1 is 0.915 bits per heavy atom. The molecule has 0 radical (unpaired) electrons. The van der Waals surface area contributed by atoms with Crippen LogP contribution in [-0.2, 0) is 19.8 Å². The largest absolute Gasteiger partial charge is 0.438 e. The summed E-state index contributed by atoms with van der Waals surface area (Å²) in [5, 5.41) is 10.7. The number of ether oxygens (including phenoxy) is 1. The number of benzene rings is 3. The molecule has 0 unspecified atom stereocenters. The van der Waals surface area contributed by atoms with E-state index in [1.165, 1.54) is 18.2 Å². The van der Waals surface area contributed by atoms with Crippen molar-refractivity contribution >= 4 is 34.3 Å². The lowest BCUT2D eigenvalue weighted by Gasteiger charge is -2.33. The molecule has 0 bridgehead atoms. The molecule has 3 heterocycles. The third-order valence-corrected chi connectivity index (χ3v) is 8.18. The summed E-state index contributed by atoms with van der Waals surface area (Å²) in [6.07, 6.45) is -2.98. The molecule has 1 saturated heterocycles. The van der Waals surface area contributed by atoms with Crippen LogP contribution in [0.15, 0.2) is 66.9 Å². The standard InChI is InChI=1S/C34H35F3N8O2/c1-21-5-10-25(11-6-21)40-33-41-30-27(19-38-44(30)4)32(42-33)47-29-17-23(8-7-22(29)2)31(46)39-26-12-9-24(28(18-26)34(35,36)37)20-45-15-13-43(3)14-16-45/h5-12,17-19H,13-16,20H2,1-4H3,(H,39,46)(H,40,41,42). The molecule has 0 atom stereocenters. The lowest BCUT2D eigenvalue weighted by Crippen LogP contribution is -2.44. The lowest BCUT2D eigenvalue weighted by atomic mass is 10.0. The Morgan fingerprint density at radius 3 is 2.36 bits per heavy atom. The van der Waals surface area contributed by atoms with Gasteiger partial charge in [-0.2, -0.15) is 28.2 Å². The molecule has 1 amide bonds. The van der Waals surface area contributed by atoms with Crippen LogP contribution >= 0.6 is 0 Å². The van der Waals surface area contributed by atoms with E-state index in [1.54, 1.807) is 30.1 Å². The fraction of sp³-hybridized carbons (Fsp3) is 0.294. The van der Waals surface area contributed by atoms with E-state index in [1.807, 2.05) is 50.1 Å². The van der Waals surface area contributed by atoms with Gasteiger partial charge in [0.05, 0.1) is 11.8 Å². The number of hydrogen-bond acceptors (Lipinski definition) is 8. The van der Waals surface area contributed by atoms with Gasteiger partial charge >= 0.3 is 6.18 Å². The van der Waals surface area contributed by atoms with Gasteiger partial charge in [-0.3, -0.25) is 14.4 Å². The van der Waals surface area contributed by atoms with Crippen LogP contribution in [0.3, 0.4) is 0 Å². The first-order chi connectivity index (χ1) is 22.4. The van der Waals surface area contributed by atoms with E-state index in [-0.39, 0.29) is 29.2 Å². The van der Waals surface area contributed by atoms with Gasteiger partial charge in [-0.15, -0.1) is 0 Å². The van der Waals surface area contributed by atoms with Crippen molar-refractivity contribution < 1.29 is 22.7 Å². The highest BCUT2D eigenvalue weighted by Gasteiger charge is 2.34. The number of anilines is 3. The molecule has 10 nitrogen and oxygen atoms in total. The third kappa shape index (κ3) is 7.36. The maximum atomic E-state index is 14.1. The number of halogens is 3. The number of nitrogens with zero attached hydrogens (tertiary/aromatic N) is 6. The minimum Gasteiger partial charge on any atom is -0.438 e. The van der Waals surface area contributed by atoms with Gasteiger partial charge in [-0.25, -0.2) is 0 Å². The molecule has 6 rings (SSSR count). The molecule has 244 valence electrons. The smallest absolute Gasteiger partial charge is 0.416 e. The van der Waals surface area contributed by atoms with E-state index in [2.05, 4.69) is 30.6 Å². The number of carbonyl (C=O) groups is 1. The zero-order valence-corrected chi connectivity index (χ0v) is 26.5. The van der Waals surface area contributed by atoms with Crippen molar-refractivity contribution in [3.63, 3.8) is 0 Å². The lowest BCUT2D eigenvalue weighted by molar-refractivity contribution is -0.138. The number of aromatic nitrogens is 4. The van der Waals surface area contributed by atoms with Gasteiger partial charge in [0.2, 0.25) is 11.8 Å². The fourth-order valence-electron chi connectivity index (χ4n) is 5.36. The van der Waals surface area contributed by atoms with E-state index >= 15 is 0 Å². The van der Waals surface area contributed by atoms with Gasteiger partial charge in [-0.1, -0.05) is 29.8 Å². The first kappa shape index (κ1) is 32.0. The Hall–Kier alpha value is -5.01. The average molecular weight is 645 g/mol. The fourth-order valence-corrected chi connectivity index (χ4v) is 5.36. The first-order valence-corrected chi connectivity index (χ1v) is 15.2. The number of carbonyl (C=O) groups excluding carboxylic acids is 1. The zero-order valence-electron chi connectivity index (χ0n) is 26.5. The number of alkyl halides is 3. The molecule has 1 fully saturated rings. The highest BCUT2D eigenvalue weighted by molar-refractivity contribution is 6.04. The summed E-state index contributed by atoms with van der Waals surface area (Å²) in [6, 6.07) is 16.5. The van der Waals surface area contributed by atoms with Crippen molar-refractivity contribution in [1.29, 1.82) is 0 Å². The molecule has 47 heavy (non-hydrogen) atoms. The summed E-state index contributed by atoms with van der Waals surface area (Å²) in [5.74, 6) is 0.291. The molecule has 0 saturated carbocycles. The van der Waals surface area contributed by atoms with Gasteiger partial charge < -0.3 is 20.3 Å². The molecule has 5 aromatic rings. The van der Waals surface area contributed by atoms with Crippen molar-refractivity contribution in [2.24, 2.45) is 7.05 Å². The van der Waals surface area contributed by atoms with Crippen LogP contribution in [-0.4, -0.2) is 68.7 Å². The van der Waals surface area contributed by atoms with E-state index in [9.17, 15) is 18.0 Å². The summed E-state index contributed by atoms with van der Waals surface area (Å²) in [7, 11) is 3.75. The van der Waals surface area contributed by atoms with Crippen LogP contribution in [0.25, 0.3) is 11.0 Å². The van der Waals surface area contributed by atoms with Crippen molar-refractivity contribution in [3.8, 4) is 11.6 Å². The van der Waals surface area contributed by atoms with Gasteiger partial charge in [0.25, 0.3) is 5.91 Å². The minimum atomic E-state index is -4.57. The predicted octanol–water partition coefficient (Wildman–Crippen LogP) is 6.53. The summed E-state index contributed by atoms with van der Waals surface area (Å²) in [6.45, 7) is 6.98. The van der Waals surface area contributed by atoms with Crippen LogP contribution in [0.4, 0.5) is 30.5 Å². The van der Waals surface area contributed by atoms with Crippen LogP contribution in [0, 0.1) is 13.8 Å². The molecule has 3 aromatic carbocycles. The summed E-state index contributed by atoms with van der Waals surface area (Å²) in [4.78, 5) is 26.6. The van der Waals surface area contributed by atoms with Crippen LogP contribution < -0.4 is 15.4 Å². The molecule has 13 heteroatoms. The quantitative estimate of drug-likeness (QED) is 0.197. The molecule has 1 aliphatic rings. The molecule has 2 aromatic heterocycles. The van der Waals surface area contributed by atoms with E-state index in [0.29, 0.717) is 35.8 Å². The van der Waals surface area contributed by atoms with Crippen molar-refractivity contribution in [2.45, 2.75) is 26.6 Å². The molecule has 1 aliphatic heterocycles. The van der Waals surface area contributed by atoms with E-state index in [4.69, 9.17) is 4.74 Å². The number of aryl methyl sites for hydroxylation is 3. The molecule has 2 N–H and O–H groups in total. The van der Waals surface area contributed by atoms with Gasteiger partial charge in [0, 0.05) is 56.7 Å². The normalized spacial score (nSPS) is 14.4. The first-order valence-electron chi connectivity index (χ1n) is 15.2. The van der Waals surface area contributed by atoms with Crippen LogP contribution in [0.1, 0.15) is 32.6 Å². The average Bonchev–Trinajstić information content (AvgIpc) is 3.41. The Labute approximate surface area is 270 Å². The highest BCUT2D eigenvalue weighted by atomic mass is 19.4. The maximum absolute atomic E-state index is 14.1. The Kier molecular flexibility index (Phi) is 8.84. The zero-order chi connectivity index (χ0) is 33.3. The number of hydrogen-bond donors (Lipinski definition) is 2. The second-order valence-electron chi connectivity index (χ2n) is 11.8. The van der Waals surface area contributed by atoms with Crippen LogP contribution in [0.2, 0.25) is 0 Å². The summed E-state index contributed by atoms with van der Waals surface area (Å²) < 4.78 is 50.2. The molecule has 0 spiro atoms. The monoisotopic (exact) mass is 644 g/mol. The van der Waals surface area contributed by atoms with Crippen molar-refractivity contribution in [1.82, 2.24) is 29.5 Å². The highest BCUT2D eigenvalue weighted by Crippen LogP contribution is 2.35. The van der Waals surface area contributed by atoms with E-state index in [0.717, 1.165) is 36.0 Å². The number of amides is 1. The summed E-state index contributed by atoms with van der Waals surface area (Å²) in [5.41, 5.74) is 2.82. The second-order valence-corrected chi connectivity index (χ2v) is 11.8. The van der Waals surface area contributed by atoms with Crippen molar-refractivity contribution in [3.05, 3.63) is 94.7 Å². The van der Waals surface area contributed by atoms with Gasteiger partial charge in [0.15, 0.2) is 5.65 Å². The Bertz CT molecular complexity index is 1920. The second kappa shape index (κ2) is 13.0. The predicted molar refractivity (Wildman–Crippen MR) is 174 cm³/mol. The Balaban J connectivity index is 1.23. The van der Waals surface area contributed by atoms with Crippen molar-refractivity contribution in [2.75, 3.05) is 43.9 Å². The maximum Gasteiger partial charge on any atom is 0.416 e. The van der Waals surface area contributed by atoms with Crippen LogP contribution in [0.5, 0.6) is 11.6 Å². The summed E-state index contributed by atoms with van der Waals surface area (Å²) >= 11 is 0. The molecular weight excluding hydrogens is 609 g/mol. The number of fused-ring (bicyclic) bond motifs is 1.